The molecule has 1 heterocycles. The van der Waals surface area contributed by atoms with Crippen LogP contribution in [0, 0.1) is 5.92 Å². The van der Waals surface area contributed by atoms with Crippen LogP contribution in [-0.4, -0.2) is 37.8 Å². The van der Waals surface area contributed by atoms with Crippen LogP contribution < -0.4 is 4.74 Å². The Kier molecular flexibility index (Phi) is 9.65. The molecule has 1 aliphatic rings. The third kappa shape index (κ3) is 7.51. The first-order valence-electron chi connectivity index (χ1n) is 9.87. The maximum Gasteiger partial charge on any atom is 0.123 e. The lowest BCUT2D eigenvalue weighted by atomic mass is 9.90. The van der Waals surface area contributed by atoms with Crippen LogP contribution >= 0.6 is 12.4 Å². The highest BCUT2D eigenvalue weighted by molar-refractivity contribution is 5.85. The van der Waals surface area contributed by atoms with Crippen molar-refractivity contribution in [1.82, 2.24) is 4.90 Å². The van der Waals surface area contributed by atoms with E-state index in [-0.39, 0.29) is 19.0 Å². The van der Waals surface area contributed by atoms with E-state index in [4.69, 9.17) is 4.74 Å². The zero-order valence-corrected chi connectivity index (χ0v) is 16.8. The van der Waals surface area contributed by atoms with E-state index in [2.05, 4.69) is 47.4 Å². The number of benzene rings is 2. The molecule has 2 nitrogen and oxygen atoms in total. The summed E-state index contributed by atoms with van der Waals surface area (Å²) in [4.78, 5) is 2.59. The van der Waals surface area contributed by atoms with Gasteiger partial charge in [-0.15, -0.1) is 12.4 Å². The topological polar surface area (TPSA) is 12.5 Å². The van der Waals surface area contributed by atoms with Gasteiger partial charge >= 0.3 is 0 Å². The number of aryl methyl sites for hydroxylation is 1. The second-order valence-electron chi connectivity index (χ2n) is 7.24. The van der Waals surface area contributed by atoms with Crippen molar-refractivity contribution in [2.45, 2.75) is 32.1 Å². The Bertz CT molecular complexity index is 627. The molecule has 4 heteroatoms. The molecule has 0 saturated carbocycles. The van der Waals surface area contributed by atoms with E-state index in [1.165, 1.54) is 49.9 Å². The molecule has 2 aromatic rings. The fourth-order valence-corrected chi connectivity index (χ4v) is 3.71. The lowest BCUT2D eigenvalue weighted by Gasteiger charge is -2.32. The van der Waals surface area contributed by atoms with Crippen molar-refractivity contribution in [2.24, 2.45) is 5.92 Å². The van der Waals surface area contributed by atoms with Crippen LogP contribution in [0.25, 0.3) is 0 Å². The van der Waals surface area contributed by atoms with Gasteiger partial charge in [0.2, 0.25) is 0 Å². The predicted molar refractivity (Wildman–Crippen MR) is 113 cm³/mol. The molecule has 27 heavy (non-hydrogen) atoms. The average molecular weight is 392 g/mol. The van der Waals surface area contributed by atoms with E-state index < -0.39 is 6.67 Å². The number of piperidine rings is 1. The Morgan fingerprint density at radius 3 is 2.22 bits per heavy atom. The monoisotopic (exact) mass is 391 g/mol. The third-order valence-electron chi connectivity index (χ3n) is 5.38. The number of alkyl halides is 1. The summed E-state index contributed by atoms with van der Waals surface area (Å²) in [6.07, 6.45) is 6.24. The molecule has 0 unspecified atom stereocenters. The van der Waals surface area contributed by atoms with Gasteiger partial charge in [-0.05, 0) is 74.4 Å². The van der Waals surface area contributed by atoms with Gasteiger partial charge in [0.25, 0.3) is 0 Å². The SMILES string of the molecule is Cl.FCCOc1ccc(CCN2CCC(CCc3ccccc3)CC2)cc1. The van der Waals surface area contributed by atoms with Crippen LogP contribution in [0.4, 0.5) is 4.39 Å². The van der Waals surface area contributed by atoms with Gasteiger partial charge in [0.15, 0.2) is 0 Å². The second-order valence-corrected chi connectivity index (χ2v) is 7.24. The number of rotatable bonds is 9. The lowest BCUT2D eigenvalue weighted by molar-refractivity contribution is 0.181. The molecule has 148 valence electrons. The fraction of sp³-hybridized carbons (Fsp3) is 0.478. The van der Waals surface area contributed by atoms with Crippen molar-refractivity contribution in [3.05, 3.63) is 65.7 Å². The molecule has 3 rings (SSSR count). The number of ether oxygens (including phenoxy) is 1. The van der Waals surface area contributed by atoms with Gasteiger partial charge in [0.05, 0.1) is 0 Å². The van der Waals surface area contributed by atoms with Crippen LogP contribution in [0.2, 0.25) is 0 Å². The Labute approximate surface area is 169 Å². The van der Waals surface area contributed by atoms with E-state index in [0.717, 1.165) is 24.6 Å². The van der Waals surface area contributed by atoms with E-state index in [9.17, 15) is 4.39 Å². The van der Waals surface area contributed by atoms with E-state index >= 15 is 0 Å². The van der Waals surface area contributed by atoms with Gasteiger partial charge in [-0.1, -0.05) is 42.5 Å². The number of hydrogen-bond donors (Lipinski definition) is 0. The lowest BCUT2D eigenvalue weighted by Crippen LogP contribution is -2.35. The van der Waals surface area contributed by atoms with E-state index in [1.807, 2.05) is 12.1 Å². The van der Waals surface area contributed by atoms with E-state index in [1.54, 1.807) is 0 Å². The molecule has 0 radical (unpaired) electrons. The molecule has 2 aromatic carbocycles. The Morgan fingerprint density at radius 1 is 0.889 bits per heavy atom. The van der Waals surface area contributed by atoms with Crippen molar-refractivity contribution in [3.63, 3.8) is 0 Å². The van der Waals surface area contributed by atoms with Gasteiger partial charge < -0.3 is 9.64 Å². The molecule has 0 aromatic heterocycles. The summed E-state index contributed by atoms with van der Waals surface area (Å²) in [5.74, 6) is 1.63. The highest BCUT2D eigenvalue weighted by atomic mass is 35.5. The minimum atomic E-state index is -0.441. The molecule has 0 aliphatic carbocycles. The Balaban J connectivity index is 0.00000261. The van der Waals surface area contributed by atoms with Crippen LogP contribution in [0.1, 0.15) is 30.4 Å². The normalized spacial score (nSPS) is 15.3. The first kappa shape index (κ1) is 21.7. The molecule has 1 aliphatic heterocycles. The molecule has 0 amide bonds. The quantitative estimate of drug-likeness (QED) is 0.571. The van der Waals surface area contributed by atoms with Crippen molar-refractivity contribution in [1.29, 1.82) is 0 Å². The van der Waals surface area contributed by atoms with Gasteiger partial charge in [-0.2, -0.15) is 0 Å². The standard InChI is InChI=1S/C23H30FNO.ClH/c24-15-19-26-23-10-8-21(9-11-23)12-16-25-17-13-22(14-18-25)7-6-20-4-2-1-3-5-20;/h1-5,8-11,22H,6-7,12-19H2;1H. The smallest absolute Gasteiger partial charge is 0.123 e. The predicted octanol–water partition coefficient (Wildman–Crippen LogP) is 5.34. The largest absolute Gasteiger partial charge is 0.491 e. The highest BCUT2D eigenvalue weighted by Crippen LogP contribution is 2.23. The van der Waals surface area contributed by atoms with Crippen molar-refractivity contribution in [3.8, 4) is 5.75 Å². The molecule has 0 bridgehead atoms. The van der Waals surface area contributed by atoms with Gasteiger partial charge in [0, 0.05) is 6.54 Å². The van der Waals surface area contributed by atoms with Crippen LogP contribution in [0.3, 0.4) is 0 Å². The fourth-order valence-electron chi connectivity index (χ4n) is 3.71. The minimum Gasteiger partial charge on any atom is -0.491 e. The molecule has 1 saturated heterocycles. The van der Waals surface area contributed by atoms with Gasteiger partial charge in [0.1, 0.15) is 19.0 Å². The third-order valence-corrected chi connectivity index (χ3v) is 5.38. The maximum atomic E-state index is 12.1. The molecular formula is C23H31ClFNO. The van der Waals surface area contributed by atoms with Crippen molar-refractivity contribution >= 4 is 12.4 Å². The highest BCUT2D eigenvalue weighted by Gasteiger charge is 2.18. The number of likely N-dealkylation sites (tertiary alicyclic amines) is 1. The van der Waals surface area contributed by atoms with Crippen LogP contribution in [0.5, 0.6) is 5.75 Å². The Morgan fingerprint density at radius 2 is 1.56 bits per heavy atom. The van der Waals surface area contributed by atoms with Crippen LogP contribution in [-0.2, 0) is 12.8 Å². The van der Waals surface area contributed by atoms with Crippen molar-refractivity contribution < 1.29 is 9.13 Å². The molecule has 0 N–H and O–H groups in total. The first-order valence-corrected chi connectivity index (χ1v) is 9.87. The average Bonchev–Trinajstić information content (AvgIpc) is 2.71. The zero-order valence-electron chi connectivity index (χ0n) is 16.0. The molecule has 0 atom stereocenters. The number of nitrogens with zero attached hydrogens (tertiary/aromatic N) is 1. The van der Waals surface area contributed by atoms with Crippen LogP contribution in [0.15, 0.2) is 54.6 Å². The Hall–Kier alpha value is -1.58. The molecular weight excluding hydrogens is 361 g/mol. The first-order chi connectivity index (χ1) is 12.8. The minimum absolute atomic E-state index is 0. The summed E-state index contributed by atoms with van der Waals surface area (Å²) in [5, 5.41) is 0. The summed E-state index contributed by atoms with van der Waals surface area (Å²) >= 11 is 0. The zero-order chi connectivity index (χ0) is 18.0. The summed E-state index contributed by atoms with van der Waals surface area (Å²) in [6, 6.07) is 18.9. The number of hydrogen-bond acceptors (Lipinski definition) is 2. The second kappa shape index (κ2) is 12.0. The number of halogens is 2. The maximum absolute atomic E-state index is 12.1. The van der Waals surface area contributed by atoms with E-state index in [0.29, 0.717) is 0 Å². The summed E-state index contributed by atoms with van der Waals surface area (Å²) in [7, 11) is 0. The molecule has 1 fully saturated rings. The van der Waals surface area contributed by atoms with Gasteiger partial charge in [-0.3, -0.25) is 0 Å². The van der Waals surface area contributed by atoms with Crippen molar-refractivity contribution in [2.75, 3.05) is 32.9 Å². The molecule has 0 spiro atoms. The summed E-state index contributed by atoms with van der Waals surface area (Å²) in [5.41, 5.74) is 2.79. The summed E-state index contributed by atoms with van der Waals surface area (Å²) in [6.45, 7) is 3.26. The summed E-state index contributed by atoms with van der Waals surface area (Å²) < 4.78 is 17.4. The van der Waals surface area contributed by atoms with Gasteiger partial charge in [-0.25, -0.2) is 4.39 Å².